The molecule has 7 nitrogen and oxygen atoms in total. The highest BCUT2D eigenvalue weighted by Gasteiger charge is 2.18. The van der Waals surface area contributed by atoms with E-state index >= 15 is 0 Å². The van der Waals surface area contributed by atoms with Gasteiger partial charge in [0.2, 0.25) is 0 Å². The number of ether oxygens (including phenoxy) is 5. The first-order valence-corrected chi connectivity index (χ1v) is 11.6. The highest BCUT2D eigenvalue weighted by Crippen LogP contribution is 2.33. The Bertz CT molecular complexity index is 649. The number of hydrogen-bond acceptors (Lipinski definition) is 7. The Balaban J connectivity index is 1.77. The number of fused-ring (bicyclic) bond motifs is 7. The Morgan fingerprint density at radius 2 is 1.03 bits per heavy atom. The molecule has 2 aliphatic rings. The first kappa shape index (κ1) is 24.3. The van der Waals surface area contributed by atoms with Crippen molar-refractivity contribution >= 4 is 0 Å². The van der Waals surface area contributed by atoms with Crippen molar-refractivity contribution in [1.29, 1.82) is 0 Å². The molecule has 0 N–H and O–H groups in total. The third-order valence-corrected chi connectivity index (χ3v) is 5.72. The molecule has 1 fully saturated rings. The van der Waals surface area contributed by atoms with Crippen LogP contribution in [0.5, 0.6) is 11.5 Å². The molecule has 2 bridgehead atoms. The minimum Gasteiger partial charge on any atom is -0.488 e. The topological polar surface area (TPSA) is 52.6 Å². The van der Waals surface area contributed by atoms with Gasteiger partial charge in [-0.15, -0.1) is 0 Å². The average molecular weight is 437 g/mol. The Morgan fingerprint density at radius 1 is 0.581 bits per heavy atom. The predicted octanol–water partition coefficient (Wildman–Crippen LogP) is 2.42. The monoisotopic (exact) mass is 436 g/mol. The quantitative estimate of drug-likeness (QED) is 0.579. The van der Waals surface area contributed by atoms with Gasteiger partial charge in [-0.25, -0.2) is 0 Å². The second kappa shape index (κ2) is 12.6. The van der Waals surface area contributed by atoms with Crippen LogP contribution in [0.3, 0.4) is 0 Å². The van der Waals surface area contributed by atoms with E-state index in [1.807, 2.05) is 0 Å². The number of rotatable bonds is 0. The van der Waals surface area contributed by atoms with Gasteiger partial charge in [0.15, 0.2) is 11.5 Å². The van der Waals surface area contributed by atoms with Gasteiger partial charge in [-0.3, -0.25) is 9.80 Å². The summed E-state index contributed by atoms with van der Waals surface area (Å²) in [4.78, 5) is 4.67. The van der Waals surface area contributed by atoms with E-state index in [0.29, 0.717) is 52.9 Å². The summed E-state index contributed by atoms with van der Waals surface area (Å²) >= 11 is 0. The zero-order chi connectivity index (χ0) is 21.9. The normalized spacial score (nSPS) is 25.5. The van der Waals surface area contributed by atoms with Gasteiger partial charge in [0.1, 0.15) is 13.2 Å². The largest absolute Gasteiger partial charge is 0.488 e. The Labute approximate surface area is 187 Å². The molecule has 7 heteroatoms. The maximum absolute atomic E-state index is 6.24. The molecular formula is C24H40N2O5. The van der Waals surface area contributed by atoms with Crippen molar-refractivity contribution < 1.29 is 23.7 Å². The lowest BCUT2D eigenvalue weighted by atomic mass is 9.87. The maximum atomic E-state index is 6.24. The van der Waals surface area contributed by atoms with Gasteiger partial charge < -0.3 is 23.7 Å². The van der Waals surface area contributed by atoms with Crippen LogP contribution in [-0.2, 0) is 19.6 Å². The third kappa shape index (κ3) is 8.58. The molecule has 1 saturated heterocycles. The maximum Gasteiger partial charge on any atom is 0.161 e. The molecule has 31 heavy (non-hydrogen) atoms. The van der Waals surface area contributed by atoms with E-state index in [4.69, 9.17) is 23.7 Å². The van der Waals surface area contributed by atoms with Gasteiger partial charge in [-0.2, -0.15) is 0 Å². The highest BCUT2D eigenvalue weighted by atomic mass is 16.5. The van der Waals surface area contributed by atoms with Gasteiger partial charge in [-0.05, 0) is 23.1 Å². The predicted molar refractivity (Wildman–Crippen MR) is 121 cm³/mol. The van der Waals surface area contributed by atoms with Crippen molar-refractivity contribution in [3.05, 3.63) is 23.8 Å². The smallest absolute Gasteiger partial charge is 0.161 e. The van der Waals surface area contributed by atoms with Gasteiger partial charge >= 0.3 is 0 Å². The lowest BCUT2D eigenvalue weighted by Crippen LogP contribution is -2.36. The van der Waals surface area contributed by atoms with Crippen LogP contribution in [0.2, 0.25) is 0 Å². The SMILES string of the molecule is CC(C)(C)c1ccc2c(c1)OCCN1CCOCCOCCN(CCOCC1)CCO2. The Morgan fingerprint density at radius 3 is 1.55 bits per heavy atom. The molecule has 0 aromatic heterocycles. The van der Waals surface area contributed by atoms with Crippen LogP contribution < -0.4 is 9.47 Å². The fourth-order valence-corrected chi connectivity index (χ4v) is 3.65. The highest BCUT2D eigenvalue weighted by molar-refractivity contribution is 5.44. The molecule has 176 valence electrons. The summed E-state index contributed by atoms with van der Waals surface area (Å²) in [5.74, 6) is 1.64. The molecule has 0 amide bonds. The zero-order valence-electron chi connectivity index (χ0n) is 19.6. The van der Waals surface area contributed by atoms with Crippen LogP contribution in [0.1, 0.15) is 26.3 Å². The standard InChI is InChI=1S/C24H40N2O5/c1-24(2,3)21-4-5-22-23(20-21)31-17-11-26-7-13-27-12-6-25(10-16-30-22)8-14-28-18-19-29-15-9-26/h4-5,20H,6-19H2,1-3H3. The molecule has 1 aromatic rings. The molecule has 0 radical (unpaired) electrons. The van der Waals surface area contributed by atoms with E-state index in [9.17, 15) is 0 Å². The molecular weight excluding hydrogens is 396 g/mol. The van der Waals surface area contributed by atoms with E-state index in [1.165, 1.54) is 5.56 Å². The van der Waals surface area contributed by atoms with Crippen LogP contribution in [0.4, 0.5) is 0 Å². The number of benzene rings is 1. The van der Waals surface area contributed by atoms with Crippen molar-refractivity contribution in [2.24, 2.45) is 0 Å². The van der Waals surface area contributed by atoms with Crippen LogP contribution in [0.15, 0.2) is 18.2 Å². The summed E-state index contributed by atoms with van der Waals surface area (Å²) < 4.78 is 29.8. The van der Waals surface area contributed by atoms with E-state index in [2.05, 4.69) is 48.8 Å². The molecule has 3 rings (SSSR count). The van der Waals surface area contributed by atoms with Gasteiger partial charge in [-0.1, -0.05) is 26.8 Å². The third-order valence-electron chi connectivity index (χ3n) is 5.72. The average Bonchev–Trinajstić information content (AvgIpc) is 2.74. The Kier molecular flexibility index (Phi) is 9.87. The summed E-state index contributed by atoms with van der Waals surface area (Å²) in [6.45, 7) is 17.0. The first-order chi connectivity index (χ1) is 15.0. The van der Waals surface area contributed by atoms with Crippen molar-refractivity contribution in [3.8, 4) is 11.5 Å². The molecule has 0 aliphatic carbocycles. The summed E-state index contributed by atoms with van der Waals surface area (Å²) in [5, 5.41) is 0. The molecule has 0 spiro atoms. The van der Waals surface area contributed by atoms with Crippen LogP contribution in [0.25, 0.3) is 0 Å². The summed E-state index contributed by atoms with van der Waals surface area (Å²) in [6, 6.07) is 6.33. The molecule has 1 aromatic carbocycles. The van der Waals surface area contributed by atoms with E-state index in [-0.39, 0.29) is 5.41 Å². The summed E-state index contributed by atoms with van der Waals surface area (Å²) in [7, 11) is 0. The van der Waals surface area contributed by atoms with Gasteiger partial charge in [0.05, 0.1) is 39.6 Å². The molecule has 2 atom stereocenters. The van der Waals surface area contributed by atoms with Gasteiger partial charge in [0.25, 0.3) is 0 Å². The fraction of sp³-hybridized carbons (Fsp3) is 0.750. The number of hydrogen-bond donors (Lipinski definition) is 0. The molecule has 2 heterocycles. The van der Waals surface area contributed by atoms with E-state index in [0.717, 1.165) is 50.8 Å². The van der Waals surface area contributed by atoms with E-state index < -0.39 is 0 Å². The lowest BCUT2D eigenvalue weighted by Gasteiger charge is -2.24. The molecule has 0 saturated carbocycles. The second-order valence-corrected chi connectivity index (χ2v) is 9.13. The molecule has 2 aliphatic heterocycles. The zero-order valence-corrected chi connectivity index (χ0v) is 19.6. The number of nitrogens with zero attached hydrogens (tertiary/aromatic N) is 2. The van der Waals surface area contributed by atoms with Crippen molar-refractivity contribution in [2.45, 2.75) is 26.2 Å². The minimum absolute atomic E-state index is 0.0562. The van der Waals surface area contributed by atoms with E-state index in [1.54, 1.807) is 0 Å². The fourth-order valence-electron chi connectivity index (χ4n) is 3.65. The van der Waals surface area contributed by atoms with Crippen molar-refractivity contribution in [2.75, 3.05) is 92.1 Å². The Hall–Kier alpha value is -1.38. The second-order valence-electron chi connectivity index (χ2n) is 9.13. The van der Waals surface area contributed by atoms with Crippen LogP contribution in [-0.4, -0.2) is 102 Å². The van der Waals surface area contributed by atoms with Crippen LogP contribution in [0, 0.1) is 0 Å². The van der Waals surface area contributed by atoms with Crippen molar-refractivity contribution in [1.82, 2.24) is 9.80 Å². The summed E-state index contributed by atoms with van der Waals surface area (Å²) in [5.41, 5.74) is 1.30. The summed E-state index contributed by atoms with van der Waals surface area (Å²) in [6.07, 6.45) is 0. The van der Waals surface area contributed by atoms with Crippen LogP contribution >= 0.6 is 0 Å². The van der Waals surface area contributed by atoms with Crippen molar-refractivity contribution in [3.63, 3.8) is 0 Å². The minimum atomic E-state index is 0.0562. The lowest BCUT2D eigenvalue weighted by molar-refractivity contribution is 0.0299. The molecule has 2 unspecified atom stereocenters. The first-order valence-electron chi connectivity index (χ1n) is 11.6. The van der Waals surface area contributed by atoms with Gasteiger partial charge in [0, 0.05) is 39.3 Å².